The number of carbonyl (C=O) groups excluding carboxylic acids is 1. The van der Waals surface area contributed by atoms with Gasteiger partial charge in [0.25, 0.3) is 0 Å². The van der Waals surface area contributed by atoms with Crippen LogP contribution in [0.3, 0.4) is 0 Å². The number of thioether (sulfide) groups is 1. The van der Waals surface area contributed by atoms with Gasteiger partial charge in [0.05, 0.1) is 10.6 Å². The first-order valence-corrected chi connectivity index (χ1v) is 12.7. The molecule has 10 heteroatoms. The highest BCUT2D eigenvalue weighted by atomic mass is 32.2. The lowest BCUT2D eigenvalue weighted by Gasteiger charge is -2.19. The minimum Gasteiger partial charge on any atom is -0.325 e. The molecule has 0 radical (unpaired) electrons. The standard InChI is InChI=1S/C23H27N5O3S2/c1-5-13-28-21(16-9-11-17(12-10-16)23(2,3)4)26-27-22(28)32-15-20(29)25-18-7-6-8-19(14-18)33(24,30)31/h5-12,14H,1,13,15H2,2-4H3,(H,25,29)(H2,24,30,31). The van der Waals surface area contributed by atoms with Crippen LogP contribution in [-0.4, -0.2) is 34.8 Å². The molecule has 0 spiro atoms. The van der Waals surface area contributed by atoms with E-state index >= 15 is 0 Å². The van der Waals surface area contributed by atoms with Crippen LogP contribution in [0.25, 0.3) is 11.4 Å². The number of primary sulfonamides is 1. The Morgan fingerprint density at radius 3 is 2.48 bits per heavy atom. The van der Waals surface area contributed by atoms with Gasteiger partial charge in [-0.3, -0.25) is 9.36 Å². The third kappa shape index (κ3) is 6.31. The lowest BCUT2D eigenvalue weighted by atomic mass is 9.87. The lowest BCUT2D eigenvalue weighted by Crippen LogP contribution is -2.16. The summed E-state index contributed by atoms with van der Waals surface area (Å²) in [4.78, 5) is 12.4. The minimum atomic E-state index is -3.85. The number of amides is 1. The highest BCUT2D eigenvalue weighted by Gasteiger charge is 2.17. The molecule has 8 nitrogen and oxygen atoms in total. The number of carbonyl (C=O) groups is 1. The van der Waals surface area contributed by atoms with E-state index < -0.39 is 10.0 Å². The normalized spacial score (nSPS) is 11.9. The SMILES string of the molecule is C=CCn1c(SCC(=O)Nc2cccc(S(N)(=O)=O)c2)nnc1-c1ccc(C(C)(C)C)cc1. The summed E-state index contributed by atoms with van der Waals surface area (Å²) in [6.07, 6.45) is 1.75. The summed E-state index contributed by atoms with van der Waals surface area (Å²) in [6.45, 7) is 10.8. The number of benzene rings is 2. The van der Waals surface area contributed by atoms with E-state index in [9.17, 15) is 13.2 Å². The number of nitrogens with one attached hydrogen (secondary N) is 1. The van der Waals surface area contributed by atoms with Crippen molar-refractivity contribution in [2.75, 3.05) is 11.1 Å². The number of anilines is 1. The Bertz CT molecular complexity index is 1260. The summed E-state index contributed by atoms with van der Waals surface area (Å²) in [5.41, 5.74) is 2.54. The van der Waals surface area contributed by atoms with E-state index in [2.05, 4.69) is 55.0 Å². The zero-order chi connectivity index (χ0) is 24.2. The van der Waals surface area contributed by atoms with Crippen molar-refractivity contribution in [2.45, 2.75) is 42.8 Å². The Balaban J connectivity index is 1.73. The summed E-state index contributed by atoms with van der Waals surface area (Å²) in [7, 11) is -3.85. The van der Waals surface area contributed by atoms with Crippen LogP contribution in [0.5, 0.6) is 0 Å². The second-order valence-corrected chi connectivity index (χ2v) is 10.9. The van der Waals surface area contributed by atoms with E-state index in [1.165, 1.54) is 35.5 Å². The first-order chi connectivity index (χ1) is 15.5. The van der Waals surface area contributed by atoms with Crippen molar-refractivity contribution in [3.05, 3.63) is 66.7 Å². The van der Waals surface area contributed by atoms with Crippen molar-refractivity contribution in [1.29, 1.82) is 0 Å². The fourth-order valence-corrected chi connectivity index (χ4v) is 4.41. The number of aromatic nitrogens is 3. The summed E-state index contributed by atoms with van der Waals surface area (Å²) in [6, 6.07) is 14.0. The van der Waals surface area contributed by atoms with E-state index in [4.69, 9.17) is 5.14 Å². The maximum atomic E-state index is 12.4. The van der Waals surface area contributed by atoms with Gasteiger partial charge in [0.2, 0.25) is 15.9 Å². The molecule has 1 heterocycles. The first-order valence-electron chi connectivity index (χ1n) is 10.2. The Kier molecular flexibility index (Phi) is 7.41. The van der Waals surface area contributed by atoms with Crippen molar-refractivity contribution in [1.82, 2.24) is 14.8 Å². The molecule has 1 aromatic heterocycles. The number of hydrogen-bond donors (Lipinski definition) is 2. The van der Waals surface area contributed by atoms with Crippen LogP contribution in [0.1, 0.15) is 26.3 Å². The van der Waals surface area contributed by atoms with Crippen LogP contribution >= 0.6 is 11.8 Å². The van der Waals surface area contributed by atoms with E-state index in [1.807, 2.05) is 16.7 Å². The molecule has 0 atom stereocenters. The third-order valence-electron chi connectivity index (χ3n) is 4.82. The summed E-state index contributed by atoms with van der Waals surface area (Å²) in [5.74, 6) is 0.451. The van der Waals surface area contributed by atoms with Gasteiger partial charge in [-0.25, -0.2) is 13.6 Å². The summed E-state index contributed by atoms with van der Waals surface area (Å²) < 4.78 is 24.9. The maximum Gasteiger partial charge on any atom is 0.238 e. The van der Waals surface area contributed by atoms with Crippen LogP contribution in [0.2, 0.25) is 0 Å². The third-order valence-corrected chi connectivity index (χ3v) is 6.69. The average molecular weight is 486 g/mol. The molecular weight excluding hydrogens is 458 g/mol. The molecule has 174 valence electrons. The average Bonchev–Trinajstić information content (AvgIpc) is 3.14. The lowest BCUT2D eigenvalue weighted by molar-refractivity contribution is -0.113. The van der Waals surface area contributed by atoms with Gasteiger partial charge in [-0.05, 0) is 29.2 Å². The molecule has 0 bridgehead atoms. The van der Waals surface area contributed by atoms with Crippen LogP contribution in [0.4, 0.5) is 5.69 Å². The van der Waals surface area contributed by atoms with Gasteiger partial charge >= 0.3 is 0 Å². The maximum absolute atomic E-state index is 12.4. The first kappa shape index (κ1) is 24.7. The fraction of sp³-hybridized carbons (Fsp3) is 0.261. The largest absolute Gasteiger partial charge is 0.325 e. The van der Waals surface area contributed by atoms with Crippen molar-refractivity contribution in [3.63, 3.8) is 0 Å². The minimum absolute atomic E-state index is 0.0511. The Morgan fingerprint density at radius 2 is 1.88 bits per heavy atom. The van der Waals surface area contributed by atoms with Gasteiger partial charge in [-0.2, -0.15) is 0 Å². The van der Waals surface area contributed by atoms with Crippen molar-refractivity contribution in [2.24, 2.45) is 5.14 Å². The van der Waals surface area contributed by atoms with Gasteiger partial charge in [-0.15, -0.1) is 16.8 Å². The second-order valence-electron chi connectivity index (χ2n) is 8.44. The van der Waals surface area contributed by atoms with Gasteiger partial charge in [0.1, 0.15) is 0 Å². The van der Waals surface area contributed by atoms with Gasteiger partial charge in [0, 0.05) is 17.8 Å². The molecule has 1 amide bonds. The molecule has 3 aromatic rings. The van der Waals surface area contributed by atoms with Crippen molar-refractivity contribution >= 4 is 33.4 Å². The molecular formula is C23H27N5O3S2. The predicted octanol–water partition coefficient (Wildman–Crippen LogP) is 3.81. The Labute approximate surface area is 198 Å². The van der Waals surface area contributed by atoms with Crippen molar-refractivity contribution in [3.8, 4) is 11.4 Å². The van der Waals surface area contributed by atoms with Gasteiger partial charge < -0.3 is 5.32 Å². The van der Waals surface area contributed by atoms with E-state index in [0.717, 1.165) is 5.56 Å². The smallest absolute Gasteiger partial charge is 0.238 e. The second kappa shape index (κ2) is 9.90. The Morgan fingerprint density at radius 1 is 1.18 bits per heavy atom. The topological polar surface area (TPSA) is 120 Å². The number of nitrogens with zero attached hydrogens (tertiary/aromatic N) is 3. The molecule has 3 N–H and O–H groups in total. The molecule has 3 rings (SSSR count). The molecule has 0 saturated heterocycles. The molecule has 0 aliphatic carbocycles. The highest BCUT2D eigenvalue weighted by Crippen LogP contribution is 2.28. The number of rotatable bonds is 8. The summed E-state index contributed by atoms with van der Waals surface area (Å²) >= 11 is 1.23. The van der Waals surface area contributed by atoms with Gasteiger partial charge in [-0.1, -0.05) is 68.9 Å². The van der Waals surface area contributed by atoms with Crippen LogP contribution in [-0.2, 0) is 26.8 Å². The molecule has 0 saturated carbocycles. The molecule has 0 unspecified atom stereocenters. The van der Waals surface area contributed by atoms with E-state index in [1.54, 1.807) is 12.1 Å². The molecule has 33 heavy (non-hydrogen) atoms. The van der Waals surface area contributed by atoms with Crippen molar-refractivity contribution < 1.29 is 13.2 Å². The monoisotopic (exact) mass is 485 g/mol. The molecule has 0 aliphatic heterocycles. The van der Waals surface area contributed by atoms with Crippen LogP contribution in [0, 0.1) is 0 Å². The number of hydrogen-bond acceptors (Lipinski definition) is 6. The number of sulfonamides is 1. The molecule has 2 aromatic carbocycles. The van der Waals surface area contributed by atoms with E-state index in [0.29, 0.717) is 23.2 Å². The zero-order valence-corrected chi connectivity index (χ0v) is 20.4. The van der Waals surface area contributed by atoms with E-state index in [-0.39, 0.29) is 22.0 Å². The number of nitrogens with two attached hydrogens (primary N) is 1. The molecule has 0 fully saturated rings. The van der Waals surface area contributed by atoms with Crippen LogP contribution < -0.4 is 10.5 Å². The predicted molar refractivity (Wildman–Crippen MR) is 132 cm³/mol. The highest BCUT2D eigenvalue weighted by molar-refractivity contribution is 7.99. The fourth-order valence-electron chi connectivity index (χ4n) is 3.10. The van der Waals surface area contributed by atoms with Gasteiger partial charge in [0.15, 0.2) is 11.0 Å². The summed E-state index contributed by atoms with van der Waals surface area (Å²) in [5, 5.41) is 17.0. The number of allylic oxidation sites excluding steroid dienone is 1. The quantitative estimate of drug-likeness (QED) is 0.370. The van der Waals surface area contributed by atoms with Crippen LogP contribution in [0.15, 0.2) is 71.2 Å². The Hall–Kier alpha value is -2.95. The zero-order valence-electron chi connectivity index (χ0n) is 18.8. The molecule has 0 aliphatic rings.